The van der Waals surface area contributed by atoms with Crippen LogP contribution in [0.5, 0.6) is 0 Å². The molecule has 0 spiro atoms. The highest BCUT2D eigenvalue weighted by molar-refractivity contribution is 7.26. The van der Waals surface area contributed by atoms with Gasteiger partial charge in [-0.3, -0.25) is 0 Å². The van der Waals surface area contributed by atoms with Crippen LogP contribution in [0.3, 0.4) is 0 Å². The molecule has 54 heavy (non-hydrogen) atoms. The van der Waals surface area contributed by atoms with Crippen LogP contribution in [0.4, 0.5) is 0 Å². The standard InChI is InChI=1S/C52H35NS/c1-51(2)40-25-13-10-22-37(40)45-46-39-24-12-16-28-44(39)54-50(46)49-47(48(45)51)38-23-11-15-27-43(38)53(49)34-29-30-36-35-21-9-14-26-41(35)52(42(36)31-34,32-17-5-3-6-18-32)33-19-7-4-8-20-33/h3-31H,1-2H3. The van der Waals surface area contributed by atoms with Crippen molar-refractivity contribution in [3.63, 3.8) is 0 Å². The highest BCUT2D eigenvalue weighted by Crippen LogP contribution is 2.60. The van der Waals surface area contributed by atoms with Gasteiger partial charge in [-0.1, -0.05) is 166 Å². The van der Waals surface area contributed by atoms with Crippen molar-refractivity contribution in [2.75, 3.05) is 0 Å². The summed E-state index contributed by atoms with van der Waals surface area (Å²) in [6.07, 6.45) is 0. The molecule has 2 aliphatic carbocycles. The summed E-state index contributed by atoms with van der Waals surface area (Å²) >= 11 is 1.94. The fraction of sp³-hybridized carbons (Fsp3) is 0.0769. The van der Waals surface area contributed by atoms with Gasteiger partial charge < -0.3 is 4.57 Å². The summed E-state index contributed by atoms with van der Waals surface area (Å²) in [5.74, 6) is 0. The Bertz CT molecular complexity index is 3140. The molecule has 0 amide bonds. The molecule has 2 heterocycles. The predicted octanol–water partition coefficient (Wildman–Crippen LogP) is 13.8. The fourth-order valence-corrected chi connectivity index (χ4v) is 11.8. The molecule has 0 unspecified atom stereocenters. The highest BCUT2D eigenvalue weighted by Gasteiger charge is 2.46. The Hall–Kier alpha value is -6.22. The van der Waals surface area contributed by atoms with Gasteiger partial charge in [0.15, 0.2) is 0 Å². The number of aromatic nitrogens is 1. The van der Waals surface area contributed by atoms with E-state index >= 15 is 0 Å². The number of hydrogen-bond donors (Lipinski definition) is 0. The molecule has 2 heteroatoms. The summed E-state index contributed by atoms with van der Waals surface area (Å²) in [7, 11) is 0. The van der Waals surface area contributed by atoms with Crippen molar-refractivity contribution in [2.45, 2.75) is 24.7 Å². The van der Waals surface area contributed by atoms with E-state index in [9.17, 15) is 0 Å². The molecule has 0 saturated heterocycles. The maximum atomic E-state index is 2.60. The van der Waals surface area contributed by atoms with E-state index in [0.29, 0.717) is 0 Å². The average Bonchev–Trinajstić information content (AvgIpc) is 3.93. The number of benzene rings is 8. The minimum atomic E-state index is -0.471. The van der Waals surface area contributed by atoms with Crippen molar-refractivity contribution in [1.82, 2.24) is 4.57 Å². The molecule has 12 rings (SSSR count). The first-order valence-electron chi connectivity index (χ1n) is 18.9. The number of thiophene rings is 1. The third kappa shape index (κ3) is 3.64. The second-order valence-corrected chi connectivity index (χ2v) is 16.6. The Morgan fingerprint density at radius 3 is 1.83 bits per heavy atom. The Morgan fingerprint density at radius 2 is 1.07 bits per heavy atom. The summed E-state index contributed by atoms with van der Waals surface area (Å²) in [6, 6.07) is 65.9. The summed E-state index contributed by atoms with van der Waals surface area (Å²) in [6.45, 7) is 4.87. The van der Waals surface area contributed by atoms with Crippen LogP contribution < -0.4 is 0 Å². The van der Waals surface area contributed by atoms with E-state index in [2.05, 4.69) is 194 Å². The Kier molecular flexibility index (Phi) is 5.99. The zero-order chi connectivity index (χ0) is 35.8. The lowest BCUT2D eigenvalue weighted by atomic mass is 9.67. The molecular formula is C52H35NS. The SMILES string of the molecule is CC1(C)c2ccccc2-c2c1c1c3ccccc3n(-c3ccc4c(c3)C(c3ccccc3)(c3ccccc3)c3ccccc3-4)c1c1sc3ccccc3c21. The van der Waals surface area contributed by atoms with E-state index in [1.54, 1.807) is 0 Å². The van der Waals surface area contributed by atoms with E-state index in [1.807, 2.05) is 11.3 Å². The third-order valence-electron chi connectivity index (χ3n) is 12.6. The third-order valence-corrected chi connectivity index (χ3v) is 13.8. The van der Waals surface area contributed by atoms with Crippen molar-refractivity contribution in [1.29, 1.82) is 0 Å². The van der Waals surface area contributed by atoms with Gasteiger partial charge in [-0.2, -0.15) is 0 Å². The largest absolute Gasteiger partial charge is 0.308 e. The van der Waals surface area contributed by atoms with Crippen molar-refractivity contribution >= 4 is 53.3 Å². The van der Waals surface area contributed by atoms with Gasteiger partial charge in [0.1, 0.15) is 0 Å². The predicted molar refractivity (Wildman–Crippen MR) is 229 cm³/mol. The molecule has 0 fully saturated rings. The zero-order valence-corrected chi connectivity index (χ0v) is 30.9. The van der Waals surface area contributed by atoms with Crippen LogP contribution >= 0.6 is 11.3 Å². The van der Waals surface area contributed by atoms with Gasteiger partial charge in [0.2, 0.25) is 0 Å². The van der Waals surface area contributed by atoms with E-state index in [-0.39, 0.29) is 5.41 Å². The molecule has 254 valence electrons. The zero-order valence-electron chi connectivity index (χ0n) is 30.1. The summed E-state index contributed by atoms with van der Waals surface area (Å²) in [5, 5.41) is 5.42. The van der Waals surface area contributed by atoms with Gasteiger partial charge in [-0.05, 0) is 79.9 Å². The molecule has 2 aromatic heterocycles. The van der Waals surface area contributed by atoms with Crippen LogP contribution in [0.2, 0.25) is 0 Å². The smallest absolute Gasteiger partial charge is 0.0723 e. The first-order chi connectivity index (χ1) is 26.6. The van der Waals surface area contributed by atoms with Crippen LogP contribution in [0.25, 0.3) is 69.9 Å². The lowest BCUT2D eigenvalue weighted by Crippen LogP contribution is -2.28. The average molecular weight is 706 g/mol. The Balaban J connectivity index is 1.27. The van der Waals surface area contributed by atoms with Gasteiger partial charge in [0.25, 0.3) is 0 Å². The first kappa shape index (κ1) is 30.3. The van der Waals surface area contributed by atoms with E-state index in [0.717, 1.165) is 0 Å². The Morgan fingerprint density at radius 1 is 0.481 bits per heavy atom. The lowest BCUT2D eigenvalue weighted by Gasteiger charge is -2.34. The summed E-state index contributed by atoms with van der Waals surface area (Å²) in [4.78, 5) is 0. The number of fused-ring (bicyclic) bond motifs is 15. The topological polar surface area (TPSA) is 4.93 Å². The van der Waals surface area contributed by atoms with Crippen molar-refractivity contribution in [2.24, 2.45) is 0 Å². The molecule has 0 aliphatic heterocycles. The monoisotopic (exact) mass is 705 g/mol. The van der Waals surface area contributed by atoms with Crippen molar-refractivity contribution in [3.05, 3.63) is 209 Å². The molecule has 0 atom stereocenters. The van der Waals surface area contributed by atoms with Crippen LogP contribution in [0.1, 0.15) is 47.2 Å². The van der Waals surface area contributed by atoms with E-state index in [1.165, 1.54) is 103 Å². The number of nitrogens with zero attached hydrogens (tertiary/aromatic N) is 1. The van der Waals surface area contributed by atoms with Gasteiger partial charge in [-0.15, -0.1) is 11.3 Å². The number of rotatable bonds is 3. The fourth-order valence-electron chi connectivity index (χ4n) is 10.5. The maximum absolute atomic E-state index is 2.60. The minimum Gasteiger partial charge on any atom is -0.308 e. The van der Waals surface area contributed by atoms with Crippen LogP contribution in [-0.2, 0) is 10.8 Å². The first-order valence-corrected chi connectivity index (χ1v) is 19.8. The van der Waals surface area contributed by atoms with Crippen molar-refractivity contribution < 1.29 is 0 Å². The quantitative estimate of drug-likeness (QED) is 0.172. The molecule has 1 nitrogen and oxygen atoms in total. The molecule has 2 aliphatic rings. The second-order valence-electron chi connectivity index (χ2n) is 15.6. The van der Waals surface area contributed by atoms with Crippen LogP contribution in [0, 0.1) is 0 Å². The van der Waals surface area contributed by atoms with Gasteiger partial charge in [0, 0.05) is 37.3 Å². The van der Waals surface area contributed by atoms with Crippen molar-refractivity contribution in [3.8, 4) is 27.9 Å². The molecule has 10 aromatic rings. The molecule has 0 bridgehead atoms. The maximum Gasteiger partial charge on any atom is 0.0723 e. The van der Waals surface area contributed by atoms with Crippen LogP contribution in [-0.4, -0.2) is 4.57 Å². The molecular weight excluding hydrogens is 671 g/mol. The van der Waals surface area contributed by atoms with Gasteiger partial charge in [0.05, 0.1) is 21.1 Å². The normalized spacial score (nSPS) is 14.8. The number of para-hydroxylation sites is 1. The number of hydrogen-bond acceptors (Lipinski definition) is 1. The highest BCUT2D eigenvalue weighted by atomic mass is 32.1. The molecule has 0 N–H and O–H groups in total. The minimum absolute atomic E-state index is 0.175. The van der Waals surface area contributed by atoms with Crippen LogP contribution in [0.15, 0.2) is 176 Å². The van der Waals surface area contributed by atoms with Gasteiger partial charge in [-0.25, -0.2) is 0 Å². The van der Waals surface area contributed by atoms with Gasteiger partial charge >= 0.3 is 0 Å². The molecule has 0 radical (unpaired) electrons. The Labute approximate surface area is 318 Å². The van der Waals surface area contributed by atoms with E-state index < -0.39 is 5.41 Å². The lowest BCUT2D eigenvalue weighted by molar-refractivity contribution is 0.667. The molecule has 8 aromatic carbocycles. The molecule has 0 saturated carbocycles. The summed E-state index contributed by atoms with van der Waals surface area (Å²) < 4.78 is 5.29. The second kappa shape index (κ2) is 10.7. The summed E-state index contributed by atoms with van der Waals surface area (Å²) in [5.41, 5.74) is 16.6. The van der Waals surface area contributed by atoms with E-state index in [4.69, 9.17) is 0 Å².